The maximum absolute atomic E-state index is 9.19. The molecule has 0 spiro atoms. The number of benzene rings is 1. The molecule has 1 aromatic carbocycles. The highest BCUT2D eigenvalue weighted by Crippen LogP contribution is 2.33. The summed E-state index contributed by atoms with van der Waals surface area (Å²) in [4.78, 5) is 12.6. The summed E-state index contributed by atoms with van der Waals surface area (Å²) in [5, 5.41) is 5.41. The third kappa shape index (κ3) is 4.02. The number of anilines is 2. The van der Waals surface area contributed by atoms with Crippen molar-refractivity contribution >= 4 is 44.1 Å². The highest BCUT2D eigenvalue weighted by Gasteiger charge is 2.19. The van der Waals surface area contributed by atoms with E-state index in [4.69, 9.17) is 20.4 Å². The van der Waals surface area contributed by atoms with Gasteiger partial charge in [0.25, 0.3) is 16.1 Å². The lowest BCUT2D eigenvalue weighted by atomic mass is 10.1. The molecule has 0 bridgehead atoms. The molecule has 11 nitrogen and oxygen atoms in total. The molecule has 0 radical (unpaired) electrons. The van der Waals surface area contributed by atoms with Crippen LogP contribution in [-0.4, -0.2) is 44.0 Å². The van der Waals surface area contributed by atoms with E-state index in [1.54, 1.807) is 0 Å². The molecule has 12 heteroatoms. The molecule has 0 saturated carbocycles. The number of fused-ring (bicyclic) bond motifs is 2. The molecule has 0 saturated heterocycles. The van der Waals surface area contributed by atoms with E-state index < -0.39 is 10.1 Å². The Bertz CT molecular complexity index is 1250. The lowest BCUT2D eigenvalue weighted by molar-refractivity contribution is 0.490. The number of nitrogens with two attached hydrogens (primary N) is 2. The van der Waals surface area contributed by atoms with Crippen LogP contribution in [0.1, 0.15) is 19.9 Å². The molecule has 0 atom stereocenters. The predicted octanol–water partition coefficient (Wildman–Crippen LogP) is 1.88. The van der Waals surface area contributed by atoms with Gasteiger partial charge in [-0.25, -0.2) is 14.6 Å². The molecule has 3 aromatic heterocycles. The first-order chi connectivity index (χ1) is 13.0. The van der Waals surface area contributed by atoms with Gasteiger partial charge in [-0.3, -0.25) is 4.55 Å². The minimum absolute atomic E-state index is 0.137. The fourth-order valence-corrected chi connectivity index (χ4v) is 2.65. The Morgan fingerprint density at radius 3 is 2.54 bits per heavy atom. The summed E-state index contributed by atoms with van der Waals surface area (Å²) in [5.74, 6) is 0.400. The maximum Gasteiger partial charge on any atom is 0.292 e. The summed E-state index contributed by atoms with van der Waals surface area (Å²) in [6.45, 7) is 4.08. The van der Waals surface area contributed by atoms with Crippen LogP contribution in [0.5, 0.6) is 0 Å². The van der Waals surface area contributed by atoms with E-state index in [-0.39, 0.29) is 12.1 Å². The second-order valence-electron chi connectivity index (χ2n) is 6.31. The number of oxazole rings is 1. The molecule has 28 heavy (non-hydrogen) atoms. The third-order valence-electron chi connectivity index (χ3n) is 3.68. The van der Waals surface area contributed by atoms with E-state index in [2.05, 4.69) is 20.1 Å². The van der Waals surface area contributed by atoms with E-state index in [0.29, 0.717) is 28.8 Å². The van der Waals surface area contributed by atoms with Crippen LogP contribution in [0.2, 0.25) is 0 Å². The topological polar surface area (TPSA) is 176 Å². The van der Waals surface area contributed by atoms with Gasteiger partial charge < -0.3 is 15.9 Å². The normalized spacial score (nSPS) is 11.8. The number of aromatic nitrogens is 5. The molecule has 4 aromatic rings. The first-order valence-corrected chi connectivity index (χ1v) is 9.97. The predicted molar refractivity (Wildman–Crippen MR) is 105 cm³/mol. The van der Waals surface area contributed by atoms with Crippen LogP contribution in [0.15, 0.2) is 28.9 Å². The van der Waals surface area contributed by atoms with Gasteiger partial charge in [0.2, 0.25) is 0 Å². The van der Waals surface area contributed by atoms with Crippen molar-refractivity contribution in [2.75, 3.05) is 17.7 Å². The highest BCUT2D eigenvalue weighted by atomic mass is 32.2. The molecule has 0 aliphatic rings. The van der Waals surface area contributed by atoms with Gasteiger partial charge in [0, 0.05) is 11.6 Å². The van der Waals surface area contributed by atoms with E-state index in [9.17, 15) is 8.42 Å². The van der Waals surface area contributed by atoms with Crippen LogP contribution < -0.4 is 11.5 Å². The molecule has 5 N–H and O–H groups in total. The fourth-order valence-electron chi connectivity index (χ4n) is 2.65. The Hall–Kier alpha value is -3.25. The van der Waals surface area contributed by atoms with Gasteiger partial charge in [-0.2, -0.15) is 18.5 Å². The zero-order valence-corrected chi connectivity index (χ0v) is 16.2. The highest BCUT2D eigenvalue weighted by molar-refractivity contribution is 7.85. The number of hydrogen-bond donors (Lipinski definition) is 3. The summed E-state index contributed by atoms with van der Waals surface area (Å²) >= 11 is 0. The molecule has 0 aliphatic carbocycles. The average Bonchev–Trinajstić information content (AvgIpc) is 3.13. The summed E-state index contributed by atoms with van der Waals surface area (Å²) < 4.78 is 33.0. The van der Waals surface area contributed by atoms with Crippen molar-refractivity contribution in [2.24, 2.45) is 0 Å². The molecule has 0 unspecified atom stereocenters. The number of nitrogen functional groups attached to an aromatic ring is 2. The minimum atomic E-state index is -3.67. The van der Waals surface area contributed by atoms with E-state index in [0.717, 1.165) is 16.6 Å². The van der Waals surface area contributed by atoms with Crippen molar-refractivity contribution in [1.82, 2.24) is 24.7 Å². The largest absolute Gasteiger partial charge is 0.424 e. The van der Waals surface area contributed by atoms with Crippen LogP contribution in [-0.2, 0) is 10.1 Å². The van der Waals surface area contributed by atoms with Crippen molar-refractivity contribution in [1.29, 1.82) is 0 Å². The van der Waals surface area contributed by atoms with Gasteiger partial charge in [-0.15, -0.1) is 0 Å². The lowest BCUT2D eigenvalue weighted by Crippen LogP contribution is -2.04. The Morgan fingerprint density at radius 1 is 1.21 bits per heavy atom. The van der Waals surface area contributed by atoms with E-state index in [1.807, 2.05) is 36.7 Å². The standard InChI is InChI=1S/C15H15N7O.CH4O3S/c1-7(2)22-14-11(13(16)18-6-19-14)12(21-22)8-3-4-10-9(5-8)20-15(17)23-10;1-5(2,3)4/h3-7H,1-2H3,(H2,17,20)(H2,16,18,19);1H3,(H,2,3,4). The smallest absolute Gasteiger partial charge is 0.292 e. The van der Waals surface area contributed by atoms with Gasteiger partial charge in [0.15, 0.2) is 11.2 Å². The first-order valence-electron chi connectivity index (χ1n) is 8.12. The Kier molecular flexibility index (Phi) is 4.91. The van der Waals surface area contributed by atoms with Crippen molar-refractivity contribution in [3.63, 3.8) is 0 Å². The lowest BCUT2D eigenvalue weighted by Gasteiger charge is -2.05. The third-order valence-corrected chi connectivity index (χ3v) is 3.68. The summed E-state index contributed by atoms with van der Waals surface area (Å²) in [6, 6.07) is 5.86. The average molecular weight is 405 g/mol. The van der Waals surface area contributed by atoms with Gasteiger partial charge in [0.1, 0.15) is 23.4 Å². The molecular formula is C16H19N7O4S. The van der Waals surface area contributed by atoms with Crippen molar-refractivity contribution < 1.29 is 17.4 Å². The molecule has 0 fully saturated rings. The van der Waals surface area contributed by atoms with Gasteiger partial charge in [-0.1, -0.05) is 0 Å². The Labute approximate surface area is 160 Å². The summed E-state index contributed by atoms with van der Waals surface area (Å²) in [5.41, 5.74) is 15.2. The zero-order valence-electron chi connectivity index (χ0n) is 15.4. The molecule has 3 heterocycles. The van der Waals surface area contributed by atoms with Crippen LogP contribution in [0.3, 0.4) is 0 Å². The second kappa shape index (κ2) is 7.05. The SMILES string of the molecule is CC(C)n1nc(-c2ccc3oc(N)nc3c2)c2c(N)ncnc21.CS(=O)(=O)O. The van der Waals surface area contributed by atoms with Crippen molar-refractivity contribution in [3.05, 3.63) is 24.5 Å². The summed E-state index contributed by atoms with van der Waals surface area (Å²) in [7, 11) is -3.67. The summed E-state index contributed by atoms with van der Waals surface area (Å²) in [6.07, 6.45) is 2.16. The number of rotatable bonds is 2. The minimum Gasteiger partial charge on any atom is -0.424 e. The molecule has 148 valence electrons. The van der Waals surface area contributed by atoms with Crippen molar-refractivity contribution in [2.45, 2.75) is 19.9 Å². The number of hydrogen-bond acceptors (Lipinski definition) is 9. The fraction of sp³-hybridized carbons (Fsp3) is 0.250. The van der Waals surface area contributed by atoms with Crippen LogP contribution >= 0.6 is 0 Å². The van der Waals surface area contributed by atoms with Crippen LogP contribution in [0.4, 0.5) is 11.8 Å². The van der Waals surface area contributed by atoms with E-state index >= 15 is 0 Å². The first kappa shape index (κ1) is 19.5. The molecule has 0 amide bonds. The van der Waals surface area contributed by atoms with Crippen LogP contribution in [0.25, 0.3) is 33.4 Å². The zero-order chi connectivity index (χ0) is 20.6. The van der Waals surface area contributed by atoms with Gasteiger partial charge in [0.05, 0.1) is 11.6 Å². The Balaban J connectivity index is 0.000000403. The van der Waals surface area contributed by atoms with Crippen LogP contribution in [0, 0.1) is 0 Å². The van der Waals surface area contributed by atoms with Gasteiger partial charge >= 0.3 is 0 Å². The van der Waals surface area contributed by atoms with Crippen molar-refractivity contribution in [3.8, 4) is 11.3 Å². The maximum atomic E-state index is 9.19. The van der Waals surface area contributed by atoms with E-state index in [1.165, 1.54) is 6.33 Å². The monoisotopic (exact) mass is 405 g/mol. The molecule has 4 rings (SSSR count). The molecular weight excluding hydrogens is 386 g/mol. The quantitative estimate of drug-likeness (QED) is 0.417. The van der Waals surface area contributed by atoms with Gasteiger partial charge in [-0.05, 0) is 32.0 Å². The second-order valence-corrected chi connectivity index (χ2v) is 7.78. The number of nitrogens with zero attached hydrogens (tertiary/aromatic N) is 5. The molecule has 0 aliphatic heterocycles. The Morgan fingerprint density at radius 2 is 1.89 bits per heavy atom.